The molecule has 0 aromatic rings. The molecule has 1 aliphatic carbocycles. The van der Waals surface area contributed by atoms with Crippen LogP contribution in [0, 0.1) is 11.8 Å². The number of fused-ring (bicyclic) bond motifs is 1. The predicted octanol–water partition coefficient (Wildman–Crippen LogP) is 1.03. The Hall–Kier alpha value is -0.530. The Balaban J connectivity index is 2.22. The Morgan fingerprint density at radius 1 is 1.30 bits per heavy atom. The minimum Gasteiger partial charge on any atom is -0.371 e. The van der Waals surface area contributed by atoms with Crippen molar-refractivity contribution in [1.82, 2.24) is 5.32 Å². The van der Waals surface area contributed by atoms with E-state index in [9.17, 15) is 0 Å². The van der Waals surface area contributed by atoms with Crippen LogP contribution in [0.25, 0.3) is 0 Å². The van der Waals surface area contributed by atoms with Gasteiger partial charge in [0.2, 0.25) is 0 Å². The SMILES string of the molecule is CC1=NC2C(C)C(N1)C2C. The highest BCUT2D eigenvalue weighted by Crippen LogP contribution is 2.39. The van der Waals surface area contributed by atoms with Gasteiger partial charge < -0.3 is 5.32 Å². The molecule has 2 heteroatoms. The van der Waals surface area contributed by atoms with E-state index in [1.54, 1.807) is 0 Å². The number of nitrogens with one attached hydrogen (secondary N) is 1. The standard InChI is InChI=1S/C8H14N2/c1-4-7-5(2)8(4)10-6(3)9-7/h4-5,7-8H,1-3H3,(H,9,10). The monoisotopic (exact) mass is 138 g/mol. The molecule has 2 bridgehead atoms. The van der Waals surface area contributed by atoms with E-state index in [-0.39, 0.29) is 0 Å². The summed E-state index contributed by atoms with van der Waals surface area (Å²) in [6.07, 6.45) is 0. The van der Waals surface area contributed by atoms with Crippen LogP contribution in [0.3, 0.4) is 0 Å². The number of aliphatic imine (C=N–C) groups is 1. The van der Waals surface area contributed by atoms with Gasteiger partial charge in [0.25, 0.3) is 0 Å². The van der Waals surface area contributed by atoms with Crippen molar-refractivity contribution in [2.45, 2.75) is 32.9 Å². The highest BCUT2D eigenvalue weighted by molar-refractivity contribution is 5.81. The molecule has 2 aliphatic heterocycles. The second kappa shape index (κ2) is 1.74. The van der Waals surface area contributed by atoms with Crippen LogP contribution >= 0.6 is 0 Å². The summed E-state index contributed by atoms with van der Waals surface area (Å²) in [6.45, 7) is 6.61. The summed E-state index contributed by atoms with van der Waals surface area (Å²) in [5, 5.41) is 3.39. The van der Waals surface area contributed by atoms with Crippen molar-refractivity contribution in [2.75, 3.05) is 0 Å². The number of rotatable bonds is 0. The average Bonchev–Trinajstić information content (AvgIpc) is 1.94. The number of amidine groups is 1. The van der Waals surface area contributed by atoms with Gasteiger partial charge >= 0.3 is 0 Å². The maximum absolute atomic E-state index is 4.52. The smallest absolute Gasteiger partial charge is 0.0937 e. The molecule has 0 aromatic heterocycles. The average molecular weight is 138 g/mol. The fourth-order valence-electron chi connectivity index (χ4n) is 2.24. The molecule has 2 nitrogen and oxygen atoms in total. The maximum atomic E-state index is 4.52. The lowest BCUT2D eigenvalue weighted by Gasteiger charge is -2.51. The molecular formula is C8H14N2. The van der Waals surface area contributed by atoms with Gasteiger partial charge in [0.1, 0.15) is 0 Å². The van der Waals surface area contributed by atoms with Crippen molar-refractivity contribution >= 4 is 5.84 Å². The molecule has 1 N–H and O–H groups in total. The molecule has 3 rings (SSSR count). The lowest BCUT2D eigenvalue weighted by Crippen LogP contribution is -2.64. The summed E-state index contributed by atoms with van der Waals surface area (Å²) >= 11 is 0. The molecule has 10 heavy (non-hydrogen) atoms. The van der Waals surface area contributed by atoms with Crippen LogP contribution in [-0.4, -0.2) is 17.9 Å². The van der Waals surface area contributed by atoms with Gasteiger partial charge in [-0.1, -0.05) is 13.8 Å². The summed E-state index contributed by atoms with van der Waals surface area (Å²) in [7, 11) is 0. The second-order valence-corrected chi connectivity index (χ2v) is 3.59. The zero-order chi connectivity index (χ0) is 7.30. The Labute approximate surface area is 61.7 Å². The van der Waals surface area contributed by atoms with Crippen LogP contribution < -0.4 is 5.32 Å². The molecule has 1 saturated carbocycles. The van der Waals surface area contributed by atoms with E-state index in [0.29, 0.717) is 12.1 Å². The van der Waals surface area contributed by atoms with Crippen molar-refractivity contribution < 1.29 is 0 Å². The van der Waals surface area contributed by atoms with Gasteiger partial charge in [0, 0.05) is 6.04 Å². The predicted molar refractivity (Wildman–Crippen MR) is 42.1 cm³/mol. The number of hydrogen-bond donors (Lipinski definition) is 1. The fourth-order valence-corrected chi connectivity index (χ4v) is 2.24. The second-order valence-electron chi connectivity index (χ2n) is 3.59. The molecular weight excluding hydrogens is 124 g/mol. The summed E-state index contributed by atoms with van der Waals surface area (Å²) < 4.78 is 0. The van der Waals surface area contributed by atoms with Crippen LogP contribution in [0.15, 0.2) is 4.99 Å². The van der Waals surface area contributed by atoms with E-state index in [1.807, 2.05) is 0 Å². The topological polar surface area (TPSA) is 24.4 Å². The molecule has 2 atom stereocenters. The zero-order valence-electron chi connectivity index (χ0n) is 6.76. The van der Waals surface area contributed by atoms with Gasteiger partial charge in [-0.15, -0.1) is 0 Å². The first-order valence-corrected chi connectivity index (χ1v) is 4.01. The largest absolute Gasteiger partial charge is 0.371 e. The van der Waals surface area contributed by atoms with E-state index >= 15 is 0 Å². The lowest BCUT2D eigenvalue weighted by atomic mass is 9.66. The van der Waals surface area contributed by atoms with Crippen molar-refractivity contribution in [2.24, 2.45) is 16.8 Å². The van der Waals surface area contributed by atoms with Gasteiger partial charge in [-0.3, -0.25) is 4.99 Å². The van der Waals surface area contributed by atoms with E-state index in [2.05, 4.69) is 31.1 Å². The molecule has 2 unspecified atom stereocenters. The number of hydrogen-bond acceptors (Lipinski definition) is 2. The third-order valence-corrected chi connectivity index (χ3v) is 2.93. The van der Waals surface area contributed by atoms with Crippen LogP contribution in [0.2, 0.25) is 0 Å². The van der Waals surface area contributed by atoms with Gasteiger partial charge in [-0.05, 0) is 18.8 Å². The zero-order valence-corrected chi connectivity index (χ0v) is 6.76. The molecule has 0 aromatic carbocycles. The first-order valence-electron chi connectivity index (χ1n) is 4.01. The summed E-state index contributed by atoms with van der Waals surface area (Å²) in [5.41, 5.74) is 0. The van der Waals surface area contributed by atoms with E-state index < -0.39 is 0 Å². The first-order chi connectivity index (χ1) is 4.70. The van der Waals surface area contributed by atoms with Gasteiger partial charge in [-0.2, -0.15) is 0 Å². The first kappa shape index (κ1) is 6.20. The molecule has 3 aliphatic rings. The molecule has 1 fully saturated rings. The van der Waals surface area contributed by atoms with E-state index in [1.165, 1.54) is 0 Å². The molecule has 0 amide bonds. The number of nitrogens with zero attached hydrogens (tertiary/aromatic N) is 1. The summed E-state index contributed by atoms with van der Waals surface area (Å²) in [4.78, 5) is 4.52. The molecule has 2 heterocycles. The Morgan fingerprint density at radius 2 is 1.90 bits per heavy atom. The Morgan fingerprint density at radius 3 is 2.20 bits per heavy atom. The highest BCUT2D eigenvalue weighted by atomic mass is 15.1. The quantitative estimate of drug-likeness (QED) is 0.531. The van der Waals surface area contributed by atoms with Crippen molar-refractivity contribution in [3.05, 3.63) is 0 Å². The third kappa shape index (κ3) is 0.568. The Bertz CT molecular complexity index is 176. The van der Waals surface area contributed by atoms with Crippen molar-refractivity contribution in [3.63, 3.8) is 0 Å². The van der Waals surface area contributed by atoms with Crippen LogP contribution in [-0.2, 0) is 0 Å². The third-order valence-electron chi connectivity index (χ3n) is 2.93. The summed E-state index contributed by atoms with van der Waals surface area (Å²) in [5.74, 6) is 2.66. The Kier molecular flexibility index (Phi) is 1.08. The fraction of sp³-hybridized carbons (Fsp3) is 0.875. The van der Waals surface area contributed by atoms with Crippen LogP contribution in [0.1, 0.15) is 20.8 Å². The lowest BCUT2D eigenvalue weighted by molar-refractivity contribution is 0.104. The van der Waals surface area contributed by atoms with Gasteiger partial charge in [0.15, 0.2) is 0 Å². The highest BCUT2D eigenvalue weighted by Gasteiger charge is 2.47. The van der Waals surface area contributed by atoms with Crippen LogP contribution in [0.4, 0.5) is 0 Å². The van der Waals surface area contributed by atoms with Crippen LogP contribution in [0.5, 0.6) is 0 Å². The van der Waals surface area contributed by atoms with Gasteiger partial charge in [-0.25, -0.2) is 0 Å². The van der Waals surface area contributed by atoms with Crippen molar-refractivity contribution in [3.8, 4) is 0 Å². The molecule has 56 valence electrons. The normalized spacial score (nSPS) is 50.9. The molecule has 0 radical (unpaired) electrons. The summed E-state index contributed by atoms with van der Waals surface area (Å²) in [6, 6.07) is 1.33. The van der Waals surface area contributed by atoms with E-state index in [0.717, 1.165) is 17.7 Å². The van der Waals surface area contributed by atoms with E-state index in [4.69, 9.17) is 0 Å². The minimum absolute atomic E-state index is 0.617. The van der Waals surface area contributed by atoms with Gasteiger partial charge in [0.05, 0.1) is 11.9 Å². The maximum Gasteiger partial charge on any atom is 0.0937 e. The molecule has 0 spiro atoms. The van der Waals surface area contributed by atoms with Crippen molar-refractivity contribution in [1.29, 1.82) is 0 Å². The molecule has 0 saturated heterocycles. The minimum atomic E-state index is 0.617.